The highest BCUT2D eigenvalue weighted by Crippen LogP contribution is 2.28. The van der Waals surface area contributed by atoms with Gasteiger partial charge in [-0.15, -0.1) is 0 Å². The number of hydrogen-bond acceptors (Lipinski definition) is 7. The minimum Gasteiger partial charge on any atom is -0.447 e. The van der Waals surface area contributed by atoms with Crippen molar-refractivity contribution in [2.24, 2.45) is 0 Å². The van der Waals surface area contributed by atoms with E-state index < -0.39 is 46.8 Å². The van der Waals surface area contributed by atoms with Crippen LogP contribution >= 0.6 is 0 Å². The smallest absolute Gasteiger partial charge is 0.411 e. The Morgan fingerprint density at radius 2 is 1.50 bits per heavy atom. The average Bonchev–Trinajstić information content (AvgIpc) is 3.09. The van der Waals surface area contributed by atoms with E-state index in [2.05, 4.69) is 16.4 Å². The zero-order valence-electron chi connectivity index (χ0n) is 17.7. The van der Waals surface area contributed by atoms with E-state index in [0.29, 0.717) is 6.42 Å². The number of hydrogen-bond donors (Lipinski definition) is 5. The lowest BCUT2D eigenvalue weighted by Crippen LogP contribution is -2.70. The van der Waals surface area contributed by atoms with Gasteiger partial charge >= 0.3 is 6.09 Å². The number of fused-ring (bicyclic) bond motifs is 1. The number of carbonyl (C=O) groups is 1. The van der Waals surface area contributed by atoms with E-state index in [1.807, 2.05) is 0 Å². The van der Waals surface area contributed by atoms with Gasteiger partial charge in [-0.25, -0.2) is 9.52 Å². The van der Waals surface area contributed by atoms with Gasteiger partial charge in [0, 0.05) is 6.54 Å². The molecule has 1 amide bonds. The van der Waals surface area contributed by atoms with E-state index in [0.717, 1.165) is 24.2 Å². The third-order valence-corrected chi connectivity index (χ3v) is 6.90. The molecule has 2 aliphatic heterocycles. The third kappa shape index (κ3) is 7.03. The molecule has 5 N–H and O–H groups in total. The fourth-order valence-electron chi connectivity index (χ4n) is 3.96. The number of carbonyl (C=O) groups excluding carboxylic acids is 1. The molecule has 0 aromatic rings. The Balaban J connectivity index is 1.69. The summed E-state index contributed by atoms with van der Waals surface area (Å²) in [5.41, 5.74) is 0. The van der Waals surface area contributed by atoms with Gasteiger partial charge in [0.1, 0.15) is 31.1 Å². The van der Waals surface area contributed by atoms with E-state index in [1.54, 1.807) is 0 Å². The molecule has 0 aliphatic carbocycles. The van der Waals surface area contributed by atoms with Gasteiger partial charge in [-0.1, -0.05) is 64.7 Å². The molecule has 0 bridgehead atoms. The first-order valence-corrected chi connectivity index (χ1v) is 12.5. The molecule has 5 atom stereocenters. The van der Waals surface area contributed by atoms with E-state index in [1.165, 1.54) is 38.5 Å². The summed E-state index contributed by atoms with van der Waals surface area (Å²) >= 11 is 0. The van der Waals surface area contributed by atoms with Gasteiger partial charge in [0.05, 0.1) is 6.04 Å². The SMILES string of the molecule is CCCCCCCCCCCCNS(=O)(=O)N[C@@H]1C(O)[C@@H](O)[C@H](O)C2COC(=O)N21. The fourth-order valence-corrected chi connectivity index (χ4v) is 5.02. The second-order valence-electron chi connectivity index (χ2n) is 8.17. The van der Waals surface area contributed by atoms with Gasteiger partial charge in [0.25, 0.3) is 10.2 Å². The van der Waals surface area contributed by atoms with Crippen LogP contribution in [0.2, 0.25) is 0 Å². The van der Waals surface area contributed by atoms with Crippen LogP contribution in [0.4, 0.5) is 4.79 Å². The maximum atomic E-state index is 12.3. The van der Waals surface area contributed by atoms with E-state index in [9.17, 15) is 28.5 Å². The Bertz CT molecular complexity index is 634. The molecule has 2 saturated heterocycles. The lowest BCUT2D eigenvalue weighted by atomic mass is 9.93. The lowest BCUT2D eigenvalue weighted by molar-refractivity contribution is -0.144. The van der Waals surface area contributed by atoms with Gasteiger partial charge in [-0.2, -0.15) is 13.1 Å². The number of piperidine rings is 1. The van der Waals surface area contributed by atoms with E-state index in [4.69, 9.17) is 4.74 Å². The Kier molecular flexibility index (Phi) is 10.2. The number of cyclic esters (lactones) is 1. The maximum absolute atomic E-state index is 12.3. The van der Waals surface area contributed by atoms with Crippen molar-refractivity contribution in [3.05, 3.63) is 0 Å². The van der Waals surface area contributed by atoms with Gasteiger partial charge in [0.2, 0.25) is 0 Å². The predicted octanol–water partition coefficient (Wildman–Crippen LogP) is 0.575. The van der Waals surface area contributed by atoms with E-state index >= 15 is 0 Å². The minimum atomic E-state index is -4.03. The van der Waals surface area contributed by atoms with Gasteiger partial charge in [-0.3, -0.25) is 4.90 Å². The summed E-state index contributed by atoms with van der Waals surface area (Å²) in [5.74, 6) is 0. The number of nitrogens with one attached hydrogen (secondary N) is 2. The first-order valence-electron chi connectivity index (χ1n) is 11.0. The van der Waals surface area contributed by atoms with Crippen molar-refractivity contribution < 1.29 is 33.3 Å². The molecule has 2 unspecified atom stereocenters. The molecular weight excluding hydrogens is 414 g/mol. The molecule has 0 aromatic carbocycles. The van der Waals surface area contributed by atoms with Crippen LogP contribution in [0.25, 0.3) is 0 Å². The summed E-state index contributed by atoms with van der Waals surface area (Å²) < 4.78 is 34.1. The predicted molar refractivity (Wildman–Crippen MR) is 111 cm³/mol. The zero-order valence-corrected chi connectivity index (χ0v) is 18.5. The van der Waals surface area contributed by atoms with Crippen LogP contribution in [0.3, 0.4) is 0 Å². The van der Waals surface area contributed by atoms with Crippen molar-refractivity contribution in [2.45, 2.75) is 102 Å². The van der Waals surface area contributed by atoms with Crippen molar-refractivity contribution >= 4 is 16.3 Å². The van der Waals surface area contributed by atoms with E-state index in [-0.39, 0.29) is 13.2 Å². The summed E-state index contributed by atoms with van der Waals surface area (Å²) in [5, 5.41) is 30.1. The van der Waals surface area contributed by atoms with Crippen LogP contribution in [-0.2, 0) is 14.9 Å². The highest BCUT2D eigenvalue weighted by atomic mass is 32.2. The summed E-state index contributed by atoms with van der Waals surface area (Å²) in [7, 11) is -4.03. The van der Waals surface area contributed by atoms with Gasteiger partial charge in [-0.05, 0) is 6.42 Å². The minimum absolute atomic E-state index is 0.186. The Morgan fingerprint density at radius 1 is 0.933 bits per heavy atom. The quantitative estimate of drug-likeness (QED) is 0.243. The molecule has 0 saturated carbocycles. The normalized spacial score (nSPS) is 29.1. The summed E-state index contributed by atoms with van der Waals surface area (Å²) in [6, 6.07) is -0.925. The molecule has 2 rings (SSSR count). The molecule has 0 radical (unpaired) electrons. The number of aliphatic hydroxyl groups excluding tert-OH is 3. The fraction of sp³-hybridized carbons (Fsp3) is 0.947. The molecule has 10 nitrogen and oxygen atoms in total. The molecule has 2 heterocycles. The van der Waals surface area contributed by atoms with Crippen molar-refractivity contribution in [3.8, 4) is 0 Å². The molecular formula is C19H37N3O7S. The maximum Gasteiger partial charge on any atom is 0.411 e. The first-order chi connectivity index (χ1) is 14.3. The number of amides is 1. The molecule has 176 valence electrons. The number of rotatable bonds is 14. The number of unbranched alkanes of at least 4 members (excludes halogenated alkanes) is 9. The number of ether oxygens (including phenoxy) is 1. The lowest BCUT2D eigenvalue weighted by Gasteiger charge is -2.43. The van der Waals surface area contributed by atoms with Crippen molar-refractivity contribution in [3.63, 3.8) is 0 Å². The molecule has 30 heavy (non-hydrogen) atoms. The molecule has 2 fully saturated rings. The molecule has 11 heteroatoms. The van der Waals surface area contributed by atoms with Crippen molar-refractivity contribution in [1.29, 1.82) is 0 Å². The largest absolute Gasteiger partial charge is 0.447 e. The highest BCUT2D eigenvalue weighted by Gasteiger charge is 2.54. The van der Waals surface area contributed by atoms with Gasteiger partial charge in [0.15, 0.2) is 0 Å². The highest BCUT2D eigenvalue weighted by molar-refractivity contribution is 7.87. The van der Waals surface area contributed by atoms with Crippen LogP contribution < -0.4 is 9.44 Å². The molecule has 0 aromatic heterocycles. The number of aliphatic hydroxyl groups is 3. The molecule has 2 aliphatic rings. The topological polar surface area (TPSA) is 148 Å². The van der Waals surface area contributed by atoms with Gasteiger partial charge < -0.3 is 20.1 Å². The number of nitrogens with zero attached hydrogens (tertiary/aromatic N) is 1. The first kappa shape index (κ1) is 25.3. The Labute approximate surface area is 179 Å². The van der Waals surface area contributed by atoms with Crippen LogP contribution in [-0.4, -0.2) is 78.4 Å². The molecule has 0 spiro atoms. The van der Waals surface area contributed by atoms with Crippen LogP contribution in [0.5, 0.6) is 0 Å². The third-order valence-electron chi connectivity index (χ3n) is 5.76. The Morgan fingerprint density at radius 3 is 2.10 bits per heavy atom. The second-order valence-corrected chi connectivity index (χ2v) is 9.70. The summed E-state index contributed by atoms with van der Waals surface area (Å²) in [4.78, 5) is 12.8. The van der Waals surface area contributed by atoms with Crippen molar-refractivity contribution in [2.75, 3.05) is 13.2 Å². The van der Waals surface area contributed by atoms with Crippen LogP contribution in [0, 0.1) is 0 Å². The average molecular weight is 452 g/mol. The standard InChI is InChI=1S/C19H37N3O7S/c1-2-3-4-5-6-7-8-9-10-11-12-20-30(27,28)21-18-17(25)16(24)15(23)14-13-29-19(26)22(14)18/h14-18,20-21,23-25H,2-13H2,1H3/t14?,15-,16+,17?,18+/m1/s1. The van der Waals surface area contributed by atoms with Crippen LogP contribution in [0.1, 0.15) is 71.1 Å². The van der Waals surface area contributed by atoms with Crippen LogP contribution in [0.15, 0.2) is 0 Å². The van der Waals surface area contributed by atoms with Crippen molar-refractivity contribution in [1.82, 2.24) is 14.3 Å². The monoisotopic (exact) mass is 451 g/mol. The summed E-state index contributed by atoms with van der Waals surface area (Å²) in [6.45, 7) is 2.24. The Hall–Kier alpha value is -0.980. The summed E-state index contributed by atoms with van der Waals surface area (Å²) in [6.07, 6.45) is 4.38. The second kappa shape index (κ2) is 12.2. The zero-order chi connectivity index (χ0) is 22.1.